The summed E-state index contributed by atoms with van der Waals surface area (Å²) in [6, 6.07) is 7.61. The molecular weight excluding hydrogens is 242 g/mol. The normalized spacial score (nSPS) is 24.2. The van der Waals surface area contributed by atoms with Crippen LogP contribution >= 0.6 is 0 Å². The van der Waals surface area contributed by atoms with Gasteiger partial charge in [-0.15, -0.1) is 0 Å². The third-order valence-electron chi connectivity index (χ3n) is 3.31. The van der Waals surface area contributed by atoms with Gasteiger partial charge < -0.3 is 9.47 Å². The van der Waals surface area contributed by atoms with E-state index in [1.165, 1.54) is 7.11 Å². The monoisotopic (exact) mass is 263 g/mol. The van der Waals surface area contributed by atoms with Crippen LogP contribution in [0.5, 0.6) is 0 Å². The molecule has 4 heteroatoms. The number of benzene rings is 1. The maximum atomic E-state index is 11.7. The molecule has 1 aromatic carbocycles. The predicted molar refractivity (Wildman–Crippen MR) is 73.1 cm³/mol. The van der Waals surface area contributed by atoms with Crippen LogP contribution in [-0.4, -0.2) is 43.3 Å². The molecule has 104 valence electrons. The smallest absolute Gasteiger partial charge is 0.338 e. The summed E-state index contributed by atoms with van der Waals surface area (Å²) in [6.45, 7) is 6.69. The van der Waals surface area contributed by atoms with Crippen molar-refractivity contribution in [3.8, 4) is 0 Å². The Bertz CT molecular complexity index is 437. The van der Waals surface area contributed by atoms with Gasteiger partial charge in [0, 0.05) is 19.6 Å². The summed E-state index contributed by atoms with van der Waals surface area (Å²) in [6.07, 6.45) is 0.461. The molecule has 0 aromatic heterocycles. The zero-order chi connectivity index (χ0) is 13.8. The minimum absolute atomic E-state index is 0.231. The summed E-state index contributed by atoms with van der Waals surface area (Å²) >= 11 is 0. The van der Waals surface area contributed by atoms with Crippen LogP contribution in [0.4, 0.5) is 0 Å². The highest BCUT2D eigenvalue weighted by Gasteiger charge is 2.23. The van der Waals surface area contributed by atoms with Crippen molar-refractivity contribution in [3.05, 3.63) is 35.4 Å². The van der Waals surface area contributed by atoms with Crippen LogP contribution in [0.1, 0.15) is 29.8 Å². The van der Waals surface area contributed by atoms with E-state index < -0.39 is 0 Å². The van der Waals surface area contributed by atoms with Gasteiger partial charge in [-0.25, -0.2) is 4.79 Å². The van der Waals surface area contributed by atoms with Crippen molar-refractivity contribution in [2.24, 2.45) is 0 Å². The standard InChI is InChI=1S/C15H21NO3/c1-11-8-16(9-12(2)19-11)10-13-6-4-5-7-14(13)15(17)18-3/h4-7,11-12H,8-10H2,1-3H3/t11-,12+. The Morgan fingerprint density at radius 2 is 1.95 bits per heavy atom. The summed E-state index contributed by atoms with van der Waals surface area (Å²) in [7, 11) is 1.41. The number of esters is 1. The first-order valence-corrected chi connectivity index (χ1v) is 6.64. The van der Waals surface area contributed by atoms with E-state index in [9.17, 15) is 4.79 Å². The van der Waals surface area contributed by atoms with Gasteiger partial charge in [-0.05, 0) is 25.5 Å². The number of carbonyl (C=O) groups is 1. The first-order chi connectivity index (χ1) is 9.10. The maximum Gasteiger partial charge on any atom is 0.338 e. The summed E-state index contributed by atoms with van der Waals surface area (Å²) in [5.41, 5.74) is 1.66. The van der Waals surface area contributed by atoms with Crippen molar-refractivity contribution in [1.82, 2.24) is 4.90 Å². The molecule has 1 heterocycles. The lowest BCUT2D eigenvalue weighted by Gasteiger charge is -2.35. The first kappa shape index (κ1) is 14.0. The van der Waals surface area contributed by atoms with Crippen molar-refractivity contribution >= 4 is 5.97 Å². The van der Waals surface area contributed by atoms with Crippen LogP contribution in [-0.2, 0) is 16.0 Å². The lowest BCUT2D eigenvalue weighted by molar-refractivity contribution is -0.0705. The molecule has 2 rings (SSSR count). The molecule has 0 saturated carbocycles. The van der Waals surface area contributed by atoms with Gasteiger partial charge in [0.15, 0.2) is 0 Å². The molecule has 1 aliphatic heterocycles. The highest BCUT2D eigenvalue weighted by atomic mass is 16.5. The second-order valence-electron chi connectivity index (χ2n) is 5.10. The SMILES string of the molecule is COC(=O)c1ccccc1CN1C[C@@H](C)O[C@@H](C)C1. The molecule has 19 heavy (non-hydrogen) atoms. The Kier molecular flexibility index (Phi) is 4.56. The van der Waals surface area contributed by atoms with Crippen LogP contribution in [0.15, 0.2) is 24.3 Å². The topological polar surface area (TPSA) is 38.8 Å². The molecule has 1 saturated heterocycles. The summed E-state index contributed by atoms with van der Waals surface area (Å²) in [4.78, 5) is 14.1. The third-order valence-corrected chi connectivity index (χ3v) is 3.31. The number of methoxy groups -OCH3 is 1. The number of morpholine rings is 1. The zero-order valence-corrected chi connectivity index (χ0v) is 11.8. The molecule has 1 fully saturated rings. The minimum atomic E-state index is -0.273. The van der Waals surface area contributed by atoms with Crippen LogP contribution in [0.25, 0.3) is 0 Å². The number of ether oxygens (including phenoxy) is 2. The van der Waals surface area contributed by atoms with E-state index in [4.69, 9.17) is 9.47 Å². The fourth-order valence-electron chi connectivity index (χ4n) is 2.62. The second-order valence-corrected chi connectivity index (χ2v) is 5.10. The maximum absolute atomic E-state index is 11.7. The van der Waals surface area contributed by atoms with Crippen LogP contribution in [0.3, 0.4) is 0 Å². The molecule has 4 nitrogen and oxygen atoms in total. The Morgan fingerprint density at radius 3 is 2.58 bits per heavy atom. The second kappa shape index (κ2) is 6.17. The van der Waals surface area contributed by atoms with Gasteiger partial charge in [-0.3, -0.25) is 4.90 Å². The largest absolute Gasteiger partial charge is 0.465 e. The van der Waals surface area contributed by atoms with Crippen molar-refractivity contribution < 1.29 is 14.3 Å². The fraction of sp³-hybridized carbons (Fsp3) is 0.533. The fourth-order valence-corrected chi connectivity index (χ4v) is 2.62. The predicted octanol–water partition coefficient (Wildman–Crippen LogP) is 2.08. The lowest BCUT2D eigenvalue weighted by atomic mass is 10.1. The van der Waals surface area contributed by atoms with Crippen LogP contribution in [0, 0.1) is 0 Å². The summed E-state index contributed by atoms with van der Waals surface area (Å²) in [5, 5.41) is 0. The number of nitrogens with zero attached hydrogens (tertiary/aromatic N) is 1. The Labute approximate surface area is 114 Å². The van der Waals surface area contributed by atoms with E-state index in [1.54, 1.807) is 0 Å². The Morgan fingerprint density at radius 1 is 1.32 bits per heavy atom. The van der Waals surface area contributed by atoms with Gasteiger partial charge in [0.2, 0.25) is 0 Å². The molecule has 0 amide bonds. The molecular formula is C15H21NO3. The van der Waals surface area contributed by atoms with Gasteiger partial charge in [-0.2, -0.15) is 0 Å². The number of carbonyl (C=O) groups excluding carboxylic acids is 1. The molecule has 0 aliphatic carbocycles. The summed E-state index contributed by atoms with van der Waals surface area (Å²) < 4.78 is 10.5. The molecule has 2 atom stereocenters. The van der Waals surface area contributed by atoms with Crippen molar-refractivity contribution in [2.45, 2.75) is 32.6 Å². The molecule has 0 N–H and O–H groups in total. The van der Waals surface area contributed by atoms with Gasteiger partial charge in [0.25, 0.3) is 0 Å². The van der Waals surface area contributed by atoms with Gasteiger partial charge in [-0.1, -0.05) is 18.2 Å². The van der Waals surface area contributed by atoms with Crippen LogP contribution in [0.2, 0.25) is 0 Å². The van der Waals surface area contributed by atoms with Crippen molar-refractivity contribution in [2.75, 3.05) is 20.2 Å². The van der Waals surface area contributed by atoms with Crippen LogP contribution < -0.4 is 0 Å². The molecule has 1 aromatic rings. The van der Waals surface area contributed by atoms with E-state index in [1.807, 2.05) is 24.3 Å². The van der Waals surface area contributed by atoms with E-state index in [-0.39, 0.29) is 18.2 Å². The quantitative estimate of drug-likeness (QED) is 0.783. The first-order valence-electron chi connectivity index (χ1n) is 6.64. The van der Waals surface area contributed by atoms with Gasteiger partial charge in [0.1, 0.15) is 0 Å². The number of hydrogen-bond acceptors (Lipinski definition) is 4. The third kappa shape index (κ3) is 3.55. The average Bonchev–Trinajstić information content (AvgIpc) is 2.37. The van der Waals surface area contributed by atoms with Crippen molar-refractivity contribution in [1.29, 1.82) is 0 Å². The molecule has 0 bridgehead atoms. The minimum Gasteiger partial charge on any atom is -0.465 e. The Hall–Kier alpha value is -1.39. The lowest BCUT2D eigenvalue weighted by Crippen LogP contribution is -2.45. The van der Waals surface area contributed by atoms with E-state index in [2.05, 4.69) is 18.7 Å². The van der Waals surface area contributed by atoms with Gasteiger partial charge >= 0.3 is 5.97 Å². The van der Waals surface area contributed by atoms with E-state index in [0.29, 0.717) is 5.56 Å². The number of hydrogen-bond donors (Lipinski definition) is 0. The highest BCUT2D eigenvalue weighted by molar-refractivity contribution is 5.90. The summed E-state index contributed by atoms with van der Waals surface area (Å²) in [5.74, 6) is -0.273. The molecule has 0 spiro atoms. The van der Waals surface area contributed by atoms with Crippen molar-refractivity contribution in [3.63, 3.8) is 0 Å². The van der Waals surface area contributed by atoms with Gasteiger partial charge in [0.05, 0.1) is 24.9 Å². The molecule has 0 unspecified atom stereocenters. The van der Waals surface area contributed by atoms with E-state index in [0.717, 1.165) is 25.2 Å². The number of rotatable bonds is 3. The Balaban J connectivity index is 2.12. The zero-order valence-electron chi connectivity index (χ0n) is 11.8. The molecule has 0 radical (unpaired) electrons. The molecule has 1 aliphatic rings. The highest BCUT2D eigenvalue weighted by Crippen LogP contribution is 2.17. The van der Waals surface area contributed by atoms with E-state index >= 15 is 0 Å². The average molecular weight is 263 g/mol.